The smallest absolute Gasteiger partial charge is 0.160 e. The van der Waals surface area contributed by atoms with Gasteiger partial charge in [-0.2, -0.15) is 0 Å². The second-order valence-electron chi connectivity index (χ2n) is 19.3. The molecule has 0 aliphatic heterocycles. The molecule has 0 N–H and O–H groups in total. The van der Waals surface area contributed by atoms with Crippen molar-refractivity contribution >= 4 is 84.8 Å². The number of pyridine rings is 2. The first kappa shape index (κ1) is 44.1. The number of benzene rings is 10. The molecule has 6 heteroatoms. The summed E-state index contributed by atoms with van der Waals surface area (Å²) in [4.78, 5) is 20.5. The minimum Gasteiger partial charge on any atom is -0.254 e. The molecule has 0 radical (unpaired) electrons. The first-order valence-corrected chi connectivity index (χ1v) is 27.1. The fraction of sp³-hybridized carbons (Fsp3) is 0. The number of fused-ring (bicyclic) bond motifs is 9. The van der Waals surface area contributed by atoms with E-state index in [-0.39, 0.29) is 0 Å². The van der Waals surface area contributed by atoms with Gasteiger partial charge in [-0.1, -0.05) is 188 Å². The Hall–Kier alpha value is -9.46. The van der Waals surface area contributed by atoms with Gasteiger partial charge in [-0.15, -0.1) is 22.7 Å². The van der Waals surface area contributed by atoms with E-state index in [2.05, 4.69) is 224 Å². The lowest BCUT2D eigenvalue weighted by atomic mass is 9.91. The molecular formula is C70H42N4S2. The van der Waals surface area contributed by atoms with E-state index >= 15 is 0 Å². The van der Waals surface area contributed by atoms with Crippen molar-refractivity contribution in [3.05, 3.63) is 255 Å². The summed E-state index contributed by atoms with van der Waals surface area (Å²) in [5.41, 5.74) is 17.6. The van der Waals surface area contributed by atoms with E-state index in [0.717, 1.165) is 83.4 Å². The Morgan fingerprint density at radius 3 is 1.37 bits per heavy atom. The van der Waals surface area contributed by atoms with Gasteiger partial charge in [0, 0.05) is 79.6 Å². The Labute approximate surface area is 446 Å². The van der Waals surface area contributed by atoms with Crippen LogP contribution in [0, 0.1) is 0 Å². The maximum Gasteiger partial charge on any atom is 0.160 e. The van der Waals surface area contributed by atoms with Crippen LogP contribution in [0.4, 0.5) is 0 Å². The molecule has 0 unspecified atom stereocenters. The fourth-order valence-electron chi connectivity index (χ4n) is 10.9. The van der Waals surface area contributed by atoms with Gasteiger partial charge in [0.1, 0.15) is 0 Å². The third-order valence-electron chi connectivity index (χ3n) is 14.7. The molecule has 0 bridgehead atoms. The van der Waals surface area contributed by atoms with E-state index in [9.17, 15) is 0 Å². The Kier molecular flexibility index (Phi) is 10.5. The molecule has 0 amide bonds. The van der Waals surface area contributed by atoms with Crippen molar-refractivity contribution in [2.24, 2.45) is 0 Å². The van der Waals surface area contributed by atoms with Crippen molar-refractivity contribution in [3.8, 4) is 89.7 Å². The van der Waals surface area contributed by atoms with E-state index in [1.807, 2.05) is 53.1 Å². The van der Waals surface area contributed by atoms with Crippen LogP contribution in [0.15, 0.2) is 255 Å². The Morgan fingerprint density at radius 1 is 0.263 bits per heavy atom. The van der Waals surface area contributed by atoms with Crippen molar-refractivity contribution in [1.29, 1.82) is 0 Å². The number of hydrogen-bond acceptors (Lipinski definition) is 6. The molecule has 0 aliphatic carbocycles. The van der Waals surface area contributed by atoms with Crippen molar-refractivity contribution < 1.29 is 0 Å². The number of rotatable bonds is 8. The molecule has 0 saturated carbocycles. The number of nitrogens with zero attached hydrogens (tertiary/aromatic N) is 4. The zero-order valence-electron chi connectivity index (χ0n) is 40.9. The van der Waals surface area contributed by atoms with Gasteiger partial charge in [0.05, 0.1) is 28.1 Å². The summed E-state index contributed by atoms with van der Waals surface area (Å²) >= 11 is 3.73. The largest absolute Gasteiger partial charge is 0.254 e. The van der Waals surface area contributed by atoms with Crippen molar-refractivity contribution in [2.75, 3.05) is 0 Å². The summed E-state index contributed by atoms with van der Waals surface area (Å²) in [6, 6.07) is 89.4. The summed E-state index contributed by atoms with van der Waals surface area (Å²) in [6.45, 7) is 0. The molecule has 0 atom stereocenters. The van der Waals surface area contributed by atoms with Crippen LogP contribution in [0.3, 0.4) is 0 Å². The highest BCUT2D eigenvalue weighted by Crippen LogP contribution is 2.44. The number of thiophene rings is 2. The molecule has 0 aliphatic rings. The van der Waals surface area contributed by atoms with Crippen molar-refractivity contribution in [3.63, 3.8) is 0 Å². The lowest BCUT2D eigenvalue weighted by Crippen LogP contribution is -1.97. The van der Waals surface area contributed by atoms with Crippen LogP contribution in [0.5, 0.6) is 0 Å². The molecule has 354 valence electrons. The SMILES string of the molecule is c1ccc(-c2nc(-c3ccc(-c4ccc5ccc6cccnc6c5n4)cc3)cc(-c3cc(-c4cccc(-c5cccc6c5sc5ccccc56)c4)cc(-c4cccc(-c5cccc6c5sc5ccccc56)c4)c3)n2)cc1. The van der Waals surface area contributed by atoms with E-state index in [1.165, 1.54) is 62.6 Å². The lowest BCUT2D eigenvalue weighted by Gasteiger charge is -2.15. The zero-order chi connectivity index (χ0) is 50.1. The zero-order valence-corrected chi connectivity index (χ0v) is 42.5. The van der Waals surface area contributed by atoms with Gasteiger partial charge in [0.25, 0.3) is 0 Å². The van der Waals surface area contributed by atoms with Gasteiger partial charge in [0.2, 0.25) is 0 Å². The van der Waals surface area contributed by atoms with Gasteiger partial charge in [-0.05, 0) is 105 Å². The number of aromatic nitrogens is 4. The summed E-state index contributed by atoms with van der Waals surface area (Å²) in [5.74, 6) is 0.663. The molecule has 0 fully saturated rings. The summed E-state index contributed by atoms with van der Waals surface area (Å²) < 4.78 is 5.20. The van der Waals surface area contributed by atoms with Crippen LogP contribution in [0.2, 0.25) is 0 Å². The van der Waals surface area contributed by atoms with Gasteiger partial charge in [-0.3, -0.25) is 4.98 Å². The fourth-order valence-corrected chi connectivity index (χ4v) is 13.4. The van der Waals surface area contributed by atoms with Crippen molar-refractivity contribution in [1.82, 2.24) is 19.9 Å². The predicted molar refractivity (Wildman–Crippen MR) is 322 cm³/mol. The quantitative estimate of drug-likeness (QED) is 0.142. The van der Waals surface area contributed by atoms with Crippen molar-refractivity contribution in [2.45, 2.75) is 0 Å². The first-order valence-electron chi connectivity index (χ1n) is 25.5. The molecule has 0 spiro atoms. The predicted octanol–water partition coefficient (Wildman–Crippen LogP) is 19.6. The van der Waals surface area contributed by atoms with Gasteiger partial charge >= 0.3 is 0 Å². The Bertz CT molecular complexity index is 4590. The van der Waals surface area contributed by atoms with E-state index in [0.29, 0.717) is 5.82 Å². The highest BCUT2D eigenvalue weighted by molar-refractivity contribution is 7.26. The second-order valence-corrected chi connectivity index (χ2v) is 21.4. The lowest BCUT2D eigenvalue weighted by molar-refractivity contribution is 1.18. The minimum atomic E-state index is 0.663. The van der Waals surface area contributed by atoms with E-state index in [1.54, 1.807) is 0 Å². The van der Waals surface area contributed by atoms with Crippen LogP contribution in [-0.4, -0.2) is 19.9 Å². The molecular weight excluding hydrogens is 961 g/mol. The summed E-state index contributed by atoms with van der Waals surface area (Å²) in [6.07, 6.45) is 1.83. The molecule has 5 aromatic heterocycles. The average Bonchev–Trinajstić information content (AvgIpc) is 4.10. The monoisotopic (exact) mass is 1000 g/mol. The first-order chi connectivity index (χ1) is 37.6. The van der Waals surface area contributed by atoms with Crippen LogP contribution < -0.4 is 0 Å². The molecule has 15 aromatic rings. The highest BCUT2D eigenvalue weighted by atomic mass is 32.1. The standard InChI is InChI=1S/C70H42N4S2/c1-2-13-47(14-3-1)70-73-62(44-30-28-43(29-31-44)61-35-34-46-33-32-45-19-12-36-71-66(45)67(46)72-61)42-63(74-70)54-40-52(48-15-8-17-50(37-48)55-22-10-24-59-57-20-4-6-26-64(57)75-68(55)59)39-53(41-54)49-16-9-18-51(38-49)56-23-11-25-60-58-21-5-7-27-65(58)76-69(56)60/h1-42H. The summed E-state index contributed by atoms with van der Waals surface area (Å²) in [5, 5.41) is 7.32. The van der Waals surface area contributed by atoms with Gasteiger partial charge in [-0.25, -0.2) is 15.0 Å². The Balaban J connectivity index is 0.886. The van der Waals surface area contributed by atoms with Crippen LogP contribution >= 0.6 is 22.7 Å². The summed E-state index contributed by atoms with van der Waals surface area (Å²) in [7, 11) is 0. The van der Waals surface area contributed by atoms with E-state index in [4.69, 9.17) is 19.9 Å². The molecule has 0 saturated heterocycles. The average molecular weight is 1000 g/mol. The highest BCUT2D eigenvalue weighted by Gasteiger charge is 2.18. The minimum absolute atomic E-state index is 0.663. The molecule has 4 nitrogen and oxygen atoms in total. The Morgan fingerprint density at radius 2 is 0.737 bits per heavy atom. The van der Waals surface area contributed by atoms with Crippen LogP contribution in [-0.2, 0) is 0 Å². The van der Waals surface area contributed by atoms with Gasteiger partial charge < -0.3 is 0 Å². The van der Waals surface area contributed by atoms with Gasteiger partial charge in [0.15, 0.2) is 5.82 Å². The maximum atomic E-state index is 5.40. The molecule has 5 heterocycles. The molecule has 76 heavy (non-hydrogen) atoms. The van der Waals surface area contributed by atoms with E-state index < -0.39 is 0 Å². The molecule has 10 aromatic carbocycles. The molecule has 15 rings (SSSR count). The number of hydrogen-bond donors (Lipinski definition) is 0. The third-order valence-corrected chi connectivity index (χ3v) is 17.2. The maximum absolute atomic E-state index is 5.40. The van der Waals surface area contributed by atoms with Crippen LogP contribution in [0.1, 0.15) is 0 Å². The van der Waals surface area contributed by atoms with Crippen LogP contribution in [0.25, 0.3) is 152 Å². The third kappa shape index (κ3) is 7.74. The normalized spacial score (nSPS) is 11.7. The second kappa shape index (κ2) is 18.2. The topological polar surface area (TPSA) is 51.6 Å².